The Morgan fingerprint density at radius 2 is 1.85 bits per heavy atom. The highest BCUT2D eigenvalue weighted by Crippen LogP contribution is 2.32. The van der Waals surface area contributed by atoms with Crippen molar-refractivity contribution >= 4 is 10.1 Å². The quantitative estimate of drug-likeness (QED) is 0.604. The molecule has 0 aliphatic carbocycles. The van der Waals surface area contributed by atoms with Crippen LogP contribution in [0, 0.1) is 0 Å². The number of quaternary nitrogens is 1. The Morgan fingerprint density at radius 1 is 1.20 bits per heavy atom. The lowest BCUT2D eigenvalue weighted by Crippen LogP contribution is -2.42. The average Bonchev–Trinajstić information content (AvgIpc) is 2.35. The van der Waals surface area contributed by atoms with E-state index in [4.69, 9.17) is 14.0 Å². The van der Waals surface area contributed by atoms with Crippen LogP contribution in [0.1, 0.15) is 5.56 Å². The third kappa shape index (κ3) is 4.99. The van der Waals surface area contributed by atoms with Gasteiger partial charge in [0.2, 0.25) is 0 Å². The van der Waals surface area contributed by atoms with Crippen molar-refractivity contribution in [2.75, 3.05) is 40.6 Å². The topological polar surface area (TPSA) is 72.8 Å². The van der Waals surface area contributed by atoms with Crippen molar-refractivity contribution < 1.29 is 26.9 Å². The molecule has 1 aromatic carbocycles. The molecular weight excluding hydrogens is 282 g/mol. The molecule has 1 aromatic rings. The molecule has 0 saturated carbocycles. The largest absolute Gasteiger partial charge is 0.493 e. The van der Waals surface area contributed by atoms with Crippen LogP contribution in [0.5, 0.6) is 11.5 Å². The van der Waals surface area contributed by atoms with Gasteiger partial charge in [-0.2, -0.15) is 8.42 Å². The van der Waals surface area contributed by atoms with Crippen LogP contribution >= 0.6 is 0 Å². The maximum absolute atomic E-state index is 10.9. The van der Waals surface area contributed by atoms with Crippen molar-refractivity contribution in [3.63, 3.8) is 0 Å². The summed E-state index contributed by atoms with van der Waals surface area (Å²) in [6.07, 6.45) is 0. The van der Waals surface area contributed by atoms with E-state index in [0.717, 1.165) is 5.56 Å². The van der Waals surface area contributed by atoms with Crippen LogP contribution in [0.3, 0.4) is 0 Å². The molecule has 114 valence electrons. The van der Waals surface area contributed by atoms with Crippen LogP contribution in [0.15, 0.2) is 18.2 Å². The molecule has 20 heavy (non-hydrogen) atoms. The van der Waals surface area contributed by atoms with Gasteiger partial charge < -0.3 is 14.0 Å². The Bertz CT molecular complexity index is 554. The molecule has 0 unspecified atom stereocenters. The van der Waals surface area contributed by atoms with Crippen molar-refractivity contribution in [2.24, 2.45) is 0 Å². The number of methoxy groups -OCH3 is 2. The molecule has 0 spiro atoms. The first-order valence-corrected chi connectivity index (χ1v) is 7.76. The van der Waals surface area contributed by atoms with Crippen molar-refractivity contribution in [3.05, 3.63) is 23.8 Å². The fraction of sp³-hybridized carbons (Fsp3) is 0.538. The number of nitrogens with zero attached hydrogens (tertiary/aromatic N) is 1. The van der Waals surface area contributed by atoms with Crippen LogP contribution in [0.2, 0.25) is 0 Å². The molecule has 0 aromatic heterocycles. The maximum Gasteiger partial charge on any atom is 0.270 e. The number of hydrogen-bond acceptors (Lipinski definition) is 4. The summed E-state index contributed by atoms with van der Waals surface area (Å²) in [5, 5.41) is 0. The molecule has 0 saturated heterocycles. The minimum absolute atomic E-state index is 0.272. The van der Waals surface area contributed by atoms with E-state index in [2.05, 4.69) is 0 Å². The van der Waals surface area contributed by atoms with Gasteiger partial charge >= 0.3 is 0 Å². The molecule has 0 atom stereocenters. The number of ether oxygens (including phenoxy) is 2. The van der Waals surface area contributed by atoms with E-state index in [0.29, 0.717) is 29.1 Å². The van der Waals surface area contributed by atoms with Gasteiger partial charge in [-0.05, 0) is 12.1 Å². The smallest absolute Gasteiger partial charge is 0.270 e. The fourth-order valence-corrected chi connectivity index (χ4v) is 2.71. The molecule has 0 radical (unpaired) electrons. The molecular formula is C13H22NO5S+. The lowest BCUT2D eigenvalue weighted by molar-refractivity contribution is -0.901. The monoisotopic (exact) mass is 304 g/mol. The van der Waals surface area contributed by atoms with Gasteiger partial charge in [0, 0.05) is 0 Å². The first-order valence-electron chi connectivity index (χ1n) is 6.15. The Labute approximate surface area is 120 Å². The highest BCUT2D eigenvalue weighted by Gasteiger charge is 2.22. The molecule has 0 aliphatic rings. The second-order valence-corrected chi connectivity index (χ2v) is 6.83. The average molecular weight is 304 g/mol. The van der Waals surface area contributed by atoms with Gasteiger partial charge in [-0.1, -0.05) is 6.07 Å². The second kappa shape index (κ2) is 6.43. The van der Waals surface area contributed by atoms with E-state index in [-0.39, 0.29) is 5.75 Å². The third-order valence-corrected chi connectivity index (χ3v) is 3.74. The van der Waals surface area contributed by atoms with E-state index in [1.54, 1.807) is 20.3 Å². The minimum Gasteiger partial charge on any atom is -0.493 e. The van der Waals surface area contributed by atoms with Gasteiger partial charge in [0.25, 0.3) is 10.1 Å². The summed E-state index contributed by atoms with van der Waals surface area (Å²) >= 11 is 0. The predicted octanol–water partition coefficient (Wildman–Crippen LogP) is 1.17. The molecule has 0 aliphatic heterocycles. The fourth-order valence-electron chi connectivity index (χ4n) is 1.98. The summed E-state index contributed by atoms with van der Waals surface area (Å²) in [7, 11) is 2.97. The lowest BCUT2D eigenvalue weighted by atomic mass is 10.1. The van der Waals surface area contributed by atoms with Crippen LogP contribution in [-0.4, -0.2) is 58.1 Å². The molecule has 1 N–H and O–H groups in total. The standard InChI is InChI=1S/C13H21NO5S/c1-14(2,8-9-20(15,16)17)10-11-6-5-7-12(18-3)13(11)19-4/h5-7H,8-10H2,1-4H3/p+1. The number of benzene rings is 1. The summed E-state index contributed by atoms with van der Waals surface area (Å²) in [4.78, 5) is 0. The molecule has 1 rings (SSSR count). The predicted molar refractivity (Wildman–Crippen MR) is 76.6 cm³/mol. The van der Waals surface area contributed by atoms with Crippen molar-refractivity contribution in [1.29, 1.82) is 0 Å². The summed E-state index contributed by atoms with van der Waals surface area (Å²) < 4.78 is 41.6. The third-order valence-electron chi connectivity index (χ3n) is 3.04. The van der Waals surface area contributed by atoms with Gasteiger partial charge in [0.05, 0.1) is 40.4 Å². The van der Waals surface area contributed by atoms with Crippen LogP contribution < -0.4 is 9.47 Å². The minimum atomic E-state index is -3.95. The van der Waals surface area contributed by atoms with Crippen molar-refractivity contribution in [1.82, 2.24) is 0 Å². The van der Waals surface area contributed by atoms with E-state index >= 15 is 0 Å². The Balaban J connectivity index is 2.91. The number of hydrogen-bond donors (Lipinski definition) is 1. The summed E-state index contributed by atoms with van der Waals surface area (Å²) in [6.45, 7) is 0.870. The van der Waals surface area contributed by atoms with E-state index < -0.39 is 10.1 Å². The molecule has 6 nitrogen and oxygen atoms in total. The summed E-state index contributed by atoms with van der Waals surface area (Å²) in [6, 6.07) is 5.58. The first kappa shape index (κ1) is 16.7. The maximum atomic E-state index is 10.9. The molecule has 0 amide bonds. The zero-order valence-electron chi connectivity index (χ0n) is 12.3. The Kier molecular flexibility index (Phi) is 5.38. The van der Waals surface area contributed by atoms with Crippen LogP contribution in [-0.2, 0) is 16.7 Å². The lowest BCUT2D eigenvalue weighted by Gasteiger charge is -2.30. The van der Waals surface area contributed by atoms with Gasteiger partial charge in [-0.25, -0.2) is 0 Å². The van der Waals surface area contributed by atoms with E-state index in [1.807, 2.05) is 26.2 Å². The van der Waals surface area contributed by atoms with Gasteiger partial charge in [-0.3, -0.25) is 4.55 Å². The van der Waals surface area contributed by atoms with E-state index in [9.17, 15) is 8.42 Å². The van der Waals surface area contributed by atoms with Gasteiger partial charge in [-0.15, -0.1) is 0 Å². The number of para-hydroxylation sites is 1. The summed E-state index contributed by atoms with van der Waals surface area (Å²) in [5.74, 6) is 1.01. The van der Waals surface area contributed by atoms with Gasteiger partial charge in [0.1, 0.15) is 12.3 Å². The van der Waals surface area contributed by atoms with Crippen LogP contribution in [0.25, 0.3) is 0 Å². The first-order chi connectivity index (χ1) is 9.18. The molecule has 0 bridgehead atoms. The normalized spacial score (nSPS) is 12.2. The highest BCUT2D eigenvalue weighted by atomic mass is 32.2. The second-order valence-electron chi connectivity index (χ2n) is 5.26. The number of rotatable bonds is 7. The molecule has 0 fully saturated rings. The summed E-state index contributed by atoms with van der Waals surface area (Å²) in [5.41, 5.74) is 0.923. The molecule has 0 heterocycles. The zero-order valence-corrected chi connectivity index (χ0v) is 13.1. The SMILES string of the molecule is COc1cccc(C[N+](C)(C)CCS(=O)(=O)O)c1OC. The Hall–Kier alpha value is -1.31. The highest BCUT2D eigenvalue weighted by molar-refractivity contribution is 7.85. The van der Waals surface area contributed by atoms with E-state index in [1.165, 1.54) is 0 Å². The van der Waals surface area contributed by atoms with Gasteiger partial charge in [0.15, 0.2) is 11.5 Å². The zero-order chi connectivity index (χ0) is 15.4. The van der Waals surface area contributed by atoms with Crippen molar-refractivity contribution in [2.45, 2.75) is 6.54 Å². The molecule has 7 heteroatoms. The van der Waals surface area contributed by atoms with Crippen molar-refractivity contribution in [3.8, 4) is 11.5 Å². The van der Waals surface area contributed by atoms with Crippen LogP contribution in [0.4, 0.5) is 0 Å². The Morgan fingerprint density at radius 3 is 2.35 bits per heavy atom.